The lowest BCUT2D eigenvalue weighted by molar-refractivity contribution is 0.168. The molecule has 0 aliphatic rings. The Morgan fingerprint density at radius 1 is 1.17 bits per heavy atom. The van der Waals surface area contributed by atoms with E-state index >= 15 is 0 Å². The van der Waals surface area contributed by atoms with Crippen LogP contribution < -0.4 is 16.4 Å². The van der Waals surface area contributed by atoms with Crippen molar-refractivity contribution in [1.82, 2.24) is 4.98 Å². The zero-order chi connectivity index (χ0) is 17.7. The van der Waals surface area contributed by atoms with Crippen LogP contribution in [0.4, 0.5) is 22.1 Å². The molecule has 6 heteroatoms. The molecule has 1 aromatic heterocycles. The first-order valence-corrected chi connectivity index (χ1v) is 7.92. The van der Waals surface area contributed by atoms with Crippen LogP contribution in [0, 0.1) is 20.8 Å². The van der Waals surface area contributed by atoms with E-state index in [1.165, 1.54) is 22.3 Å². The van der Waals surface area contributed by atoms with Crippen molar-refractivity contribution in [3.63, 3.8) is 0 Å². The summed E-state index contributed by atoms with van der Waals surface area (Å²) in [6.45, 7) is 9.05. The lowest BCUT2D eigenvalue weighted by atomic mass is 9.99. The monoisotopic (exact) mass is 328 g/mol. The minimum atomic E-state index is -0.544. The predicted molar refractivity (Wildman–Crippen MR) is 97.3 cm³/mol. The Bertz CT molecular complexity index is 744. The lowest BCUT2D eigenvalue weighted by Crippen LogP contribution is -2.15. The summed E-state index contributed by atoms with van der Waals surface area (Å²) < 4.78 is 4.82. The van der Waals surface area contributed by atoms with Gasteiger partial charge in [0.1, 0.15) is 11.6 Å². The van der Waals surface area contributed by atoms with E-state index in [0.29, 0.717) is 24.7 Å². The van der Waals surface area contributed by atoms with Gasteiger partial charge in [-0.3, -0.25) is 5.32 Å². The summed E-state index contributed by atoms with van der Waals surface area (Å²) in [5, 5.41) is 5.82. The molecule has 0 atom stereocenters. The number of aromatic nitrogens is 1. The molecular formula is C18H24N4O2. The normalized spacial score (nSPS) is 10.3. The van der Waals surface area contributed by atoms with Crippen LogP contribution in [0.2, 0.25) is 0 Å². The fraction of sp³-hybridized carbons (Fsp3) is 0.333. The number of nitrogens with two attached hydrogens (primary N) is 1. The minimum Gasteiger partial charge on any atom is -0.450 e. The molecule has 0 saturated heterocycles. The fourth-order valence-electron chi connectivity index (χ4n) is 2.35. The fourth-order valence-corrected chi connectivity index (χ4v) is 2.35. The Balaban J connectivity index is 2.05. The number of aryl methyl sites for hydroxylation is 1. The van der Waals surface area contributed by atoms with Gasteiger partial charge in [-0.1, -0.05) is 12.1 Å². The molecule has 24 heavy (non-hydrogen) atoms. The molecular weight excluding hydrogens is 304 g/mol. The van der Waals surface area contributed by atoms with Gasteiger partial charge in [0.05, 0.1) is 12.3 Å². The van der Waals surface area contributed by atoms with E-state index in [4.69, 9.17) is 10.5 Å². The average Bonchev–Trinajstić information content (AvgIpc) is 2.54. The summed E-state index contributed by atoms with van der Waals surface area (Å²) in [4.78, 5) is 15.7. The zero-order valence-electron chi connectivity index (χ0n) is 14.6. The van der Waals surface area contributed by atoms with E-state index in [0.717, 1.165) is 0 Å². The molecule has 2 rings (SSSR count). The summed E-state index contributed by atoms with van der Waals surface area (Å²) in [5.41, 5.74) is 11.4. The summed E-state index contributed by atoms with van der Waals surface area (Å²) >= 11 is 0. The van der Waals surface area contributed by atoms with Gasteiger partial charge in [0, 0.05) is 6.54 Å². The Kier molecular flexibility index (Phi) is 5.63. The first kappa shape index (κ1) is 17.6. The summed E-state index contributed by atoms with van der Waals surface area (Å²) in [5.74, 6) is 0.893. The third-order valence-electron chi connectivity index (χ3n) is 4.07. The number of carbonyl (C=O) groups excluding carboxylic acids is 1. The number of pyridine rings is 1. The van der Waals surface area contributed by atoms with Crippen LogP contribution in [-0.2, 0) is 11.3 Å². The van der Waals surface area contributed by atoms with Crippen molar-refractivity contribution < 1.29 is 9.53 Å². The van der Waals surface area contributed by atoms with Crippen molar-refractivity contribution in [2.75, 3.05) is 23.0 Å². The molecule has 1 heterocycles. The maximum atomic E-state index is 11.4. The third-order valence-corrected chi connectivity index (χ3v) is 4.07. The van der Waals surface area contributed by atoms with Gasteiger partial charge in [-0.15, -0.1) is 0 Å². The van der Waals surface area contributed by atoms with Crippen molar-refractivity contribution in [1.29, 1.82) is 0 Å². The zero-order valence-corrected chi connectivity index (χ0v) is 14.6. The molecule has 0 spiro atoms. The molecule has 0 saturated carbocycles. The van der Waals surface area contributed by atoms with Crippen molar-refractivity contribution in [3.8, 4) is 0 Å². The molecule has 2 aromatic rings. The second-order valence-corrected chi connectivity index (χ2v) is 5.62. The quantitative estimate of drug-likeness (QED) is 0.777. The van der Waals surface area contributed by atoms with Crippen LogP contribution in [0.3, 0.4) is 0 Å². The average molecular weight is 328 g/mol. The van der Waals surface area contributed by atoms with Crippen LogP contribution in [0.25, 0.3) is 0 Å². The maximum Gasteiger partial charge on any atom is 0.411 e. The minimum absolute atomic E-state index is 0.241. The number of anilines is 3. The summed E-state index contributed by atoms with van der Waals surface area (Å²) in [7, 11) is 0. The number of rotatable bonds is 5. The molecule has 1 amide bonds. The van der Waals surface area contributed by atoms with Crippen molar-refractivity contribution in [3.05, 3.63) is 46.5 Å². The van der Waals surface area contributed by atoms with E-state index in [2.05, 4.69) is 48.5 Å². The highest BCUT2D eigenvalue weighted by atomic mass is 16.5. The number of nitrogens with one attached hydrogen (secondary N) is 2. The Morgan fingerprint density at radius 3 is 2.58 bits per heavy atom. The molecule has 0 unspecified atom stereocenters. The SMILES string of the molecule is CCOC(=O)Nc1ccc(NCc2ccc(C)c(C)c2C)nc1N. The lowest BCUT2D eigenvalue weighted by Gasteiger charge is -2.13. The topological polar surface area (TPSA) is 89.3 Å². The van der Waals surface area contributed by atoms with Crippen LogP contribution >= 0.6 is 0 Å². The van der Waals surface area contributed by atoms with Gasteiger partial charge in [0.25, 0.3) is 0 Å². The molecule has 4 N–H and O–H groups in total. The van der Waals surface area contributed by atoms with Gasteiger partial charge in [0.15, 0.2) is 0 Å². The number of nitrogens with zero attached hydrogens (tertiary/aromatic N) is 1. The van der Waals surface area contributed by atoms with Gasteiger partial charge in [-0.25, -0.2) is 9.78 Å². The van der Waals surface area contributed by atoms with E-state index in [1.54, 1.807) is 19.1 Å². The second-order valence-electron chi connectivity index (χ2n) is 5.62. The van der Waals surface area contributed by atoms with Crippen LogP contribution in [0.5, 0.6) is 0 Å². The van der Waals surface area contributed by atoms with Gasteiger partial charge in [-0.05, 0) is 62.1 Å². The predicted octanol–water partition coefficient (Wildman–Crippen LogP) is 3.77. The number of carbonyl (C=O) groups is 1. The molecule has 0 aliphatic carbocycles. The standard InChI is InChI=1S/C18H24N4O2/c1-5-24-18(23)21-15-8-9-16(22-17(15)19)20-10-14-7-6-11(2)12(3)13(14)4/h6-9H,5,10H2,1-4H3,(H,21,23)(H3,19,20,22). The third kappa shape index (κ3) is 4.16. The number of hydrogen-bond acceptors (Lipinski definition) is 5. The smallest absolute Gasteiger partial charge is 0.411 e. The number of amides is 1. The van der Waals surface area contributed by atoms with Gasteiger partial charge in [0.2, 0.25) is 0 Å². The van der Waals surface area contributed by atoms with Gasteiger partial charge in [-0.2, -0.15) is 0 Å². The Morgan fingerprint density at radius 2 is 1.92 bits per heavy atom. The number of benzene rings is 1. The summed E-state index contributed by atoms with van der Waals surface area (Å²) in [6.07, 6.45) is -0.544. The van der Waals surface area contributed by atoms with E-state index in [1.807, 2.05) is 0 Å². The highest BCUT2D eigenvalue weighted by molar-refractivity contribution is 5.88. The molecule has 1 aromatic carbocycles. The second kappa shape index (κ2) is 7.68. The van der Waals surface area contributed by atoms with Crippen molar-refractivity contribution in [2.24, 2.45) is 0 Å². The van der Waals surface area contributed by atoms with Crippen LogP contribution in [-0.4, -0.2) is 17.7 Å². The molecule has 0 bridgehead atoms. The van der Waals surface area contributed by atoms with E-state index in [9.17, 15) is 4.79 Å². The molecule has 6 nitrogen and oxygen atoms in total. The van der Waals surface area contributed by atoms with Gasteiger partial charge >= 0.3 is 6.09 Å². The van der Waals surface area contributed by atoms with E-state index in [-0.39, 0.29) is 5.82 Å². The number of hydrogen-bond donors (Lipinski definition) is 3. The molecule has 0 fully saturated rings. The van der Waals surface area contributed by atoms with Crippen molar-refractivity contribution >= 4 is 23.4 Å². The molecule has 0 aliphatic heterocycles. The van der Waals surface area contributed by atoms with Crippen molar-refractivity contribution in [2.45, 2.75) is 34.2 Å². The number of nitrogen functional groups attached to an aromatic ring is 1. The van der Waals surface area contributed by atoms with E-state index < -0.39 is 6.09 Å². The largest absolute Gasteiger partial charge is 0.450 e. The molecule has 128 valence electrons. The first-order chi connectivity index (χ1) is 11.4. The highest BCUT2D eigenvalue weighted by Gasteiger charge is 2.08. The highest BCUT2D eigenvalue weighted by Crippen LogP contribution is 2.21. The Hall–Kier alpha value is -2.76. The molecule has 0 radical (unpaired) electrons. The summed E-state index contributed by atoms with van der Waals surface area (Å²) in [6, 6.07) is 7.71. The van der Waals surface area contributed by atoms with Crippen LogP contribution in [0.1, 0.15) is 29.2 Å². The first-order valence-electron chi connectivity index (χ1n) is 7.92. The van der Waals surface area contributed by atoms with Crippen LogP contribution in [0.15, 0.2) is 24.3 Å². The number of ether oxygens (including phenoxy) is 1. The maximum absolute atomic E-state index is 11.4. The Labute approximate surface area is 142 Å². The van der Waals surface area contributed by atoms with Gasteiger partial charge < -0.3 is 15.8 Å².